The largest absolute Gasteiger partial charge is 0.339 e. The second-order valence-electron chi connectivity index (χ2n) is 6.39. The third-order valence-corrected chi connectivity index (χ3v) is 5.07. The van der Waals surface area contributed by atoms with E-state index in [-0.39, 0.29) is 0 Å². The number of nitrogens with zero attached hydrogens (tertiary/aromatic N) is 2. The summed E-state index contributed by atoms with van der Waals surface area (Å²) in [5.41, 5.74) is 5.95. The second kappa shape index (κ2) is 5.61. The van der Waals surface area contributed by atoms with Crippen molar-refractivity contribution in [2.75, 3.05) is 0 Å². The molecule has 0 saturated heterocycles. The summed E-state index contributed by atoms with van der Waals surface area (Å²) in [6.45, 7) is 2.29. The van der Waals surface area contributed by atoms with Crippen molar-refractivity contribution >= 4 is 0 Å². The lowest BCUT2D eigenvalue weighted by Gasteiger charge is -2.25. The molecule has 2 saturated carbocycles. The predicted molar refractivity (Wildman–Crippen MR) is 73.9 cm³/mol. The molecule has 0 amide bonds. The molecule has 3 rings (SSSR count). The lowest BCUT2D eigenvalue weighted by Crippen LogP contribution is -2.14. The molecule has 0 radical (unpaired) electrons. The Morgan fingerprint density at radius 2 is 1.84 bits per heavy atom. The summed E-state index contributed by atoms with van der Waals surface area (Å²) in [4.78, 5) is 4.67. The maximum Gasteiger partial charge on any atom is 0.229 e. The van der Waals surface area contributed by atoms with E-state index < -0.39 is 0 Å². The zero-order valence-electron chi connectivity index (χ0n) is 11.8. The number of hydrogen-bond donors (Lipinski definition) is 1. The first-order valence-electron chi connectivity index (χ1n) is 7.85. The average molecular weight is 263 g/mol. The summed E-state index contributed by atoms with van der Waals surface area (Å²) >= 11 is 0. The van der Waals surface area contributed by atoms with Crippen molar-refractivity contribution < 1.29 is 4.52 Å². The Hall–Kier alpha value is -0.900. The van der Waals surface area contributed by atoms with E-state index in [4.69, 9.17) is 10.3 Å². The van der Waals surface area contributed by atoms with Gasteiger partial charge >= 0.3 is 0 Å². The fourth-order valence-corrected chi connectivity index (χ4v) is 3.65. The zero-order valence-corrected chi connectivity index (χ0v) is 11.8. The number of rotatable bonds is 3. The van der Waals surface area contributed by atoms with E-state index >= 15 is 0 Å². The number of hydrogen-bond acceptors (Lipinski definition) is 4. The van der Waals surface area contributed by atoms with Crippen LogP contribution < -0.4 is 5.73 Å². The monoisotopic (exact) mass is 263 g/mol. The van der Waals surface area contributed by atoms with Gasteiger partial charge in [-0.15, -0.1) is 0 Å². The van der Waals surface area contributed by atoms with Crippen molar-refractivity contribution in [3.05, 3.63) is 11.7 Å². The van der Waals surface area contributed by atoms with Crippen LogP contribution in [0.3, 0.4) is 0 Å². The molecule has 2 aliphatic carbocycles. The Kier molecular flexibility index (Phi) is 3.87. The molecule has 1 heterocycles. The van der Waals surface area contributed by atoms with Crippen molar-refractivity contribution in [1.82, 2.24) is 10.1 Å². The molecule has 1 aromatic heterocycles. The molecular formula is C15H25N3O. The Labute approximate surface area is 115 Å². The van der Waals surface area contributed by atoms with Gasteiger partial charge in [-0.1, -0.05) is 18.5 Å². The van der Waals surface area contributed by atoms with Crippen LogP contribution in [-0.2, 0) is 0 Å². The van der Waals surface area contributed by atoms with Crippen LogP contribution in [0, 0.1) is 5.92 Å². The zero-order chi connectivity index (χ0) is 13.2. The normalized spacial score (nSPS) is 35.7. The van der Waals surface area contributed by atoms with E-state index in [1.165, 1.54) is 32.1 Å². The highest BCUT2D eigenvalue weighted by atomic mass is 16.5. The maximum atomic E-state index is 5.95. The minimum atomic E-state index is 0.320. The summed E-state index contributed by atoms with van der Waals surface area (Å²) in [6.07, 6.45) is 9.59. The summed E-state index contributed by atoms with van der Waals surface area (Å²) in [7, 11) is 0. The second-order valence-corrected chi connectivity index (χ2v) is 6.39. The molecule has 4 nitrogen and oxygen atoms in total. The van der Waals surface area contributed by atoms with Gasteiger partial charge in [-0.2, -0.15) is 4.98 Å². The average Bonchev–Trinajstić information content (AvgIpc) is 3.07. The van der Waals surface area contributed by atoms with Gasteiger partial charge in [-0.05, 0) is 50.9 Å². The fourth-order valence-electron chi connectivity index (χ4n) is 3.65. The first-order valence-corrected chi connectivity index (χ1v) is 7.85. The molecule has 0 unspecified atom stereocenters. The summed E-state index contributed by atoms with van der Waals surface area (Å²) in [5.74, 6) is 3.62. The molecule has 106 valence electrons. The molecule has 4 heteroatoms. The standard InChI is InChI=1S/C15H25N3O/c1-2-10-3-5-11(6-4-10)14-17-15(19-18-14)12-7-8-13(16)9-12/h10-13H,2-9,16H2,1H3/t10?,11?,12-,13+/m1/s1. The summed E-state index contributed by atoms with van der Waals surface area (Å²) in [6, 6.07) is 0.320. The highest BCUT2D eigenvalue weighted by Gasteiger charge is 2.30. The topological polar surface area (TPSA) is 64.9 Å². The molecule has 0 aliphatic heterocycles. The molecule has 0 aromatic carbocycles. The van der Waals surface area contributed by atoms with E-state index in [9.17, 15) is 0 Å². The fraction of sp³-hybridized carbons (Fsp3) is 0.867. The van der Waals surface area contributed by atoms with E-state index in [2.05, 4.69) is 17.1 Å². The molecule has 2 N–H and O–H groups in total. The van der Waals surface area contributed by atoms with E-state index in [0.29, 0.717) is 17.9 Å². The minimum absolute atomic E-state index is 0.320. The highest BCUT2D eigenvalue weighted by Crippen LogP contribution is 2.37. The van der Waals surface area contributed by atoms with E-state index in [1.54, 1.807) is 0 Å². The molecule has 2 fully saturated rings. The Morgan fingerprint density at radius 1 is 1.11 bits per heavy atom. The van der Waals surface area contributed by atoms with Crippen LogP contribution in [0.1, 0.15) is 81.8 Å². The molecule has 2 atom stereocenters. The van der Waals surface area contributed by atoms with Crippen LogP contribution in [0.15, 0.2) is 4.52 Å². The maximum absolute atomic E-state index is 5.95. The SMILES string of the molecule is CCC1CCC(c2noc([C@@H]3CC[C@H](N)C3)n2)CC1. The number of aromatic nitrogens is 2. The van der Waals surface area contributed by atoms with Crippen LogP contribution in [0.2, 0.25) is 0 Å². The molecule has 2 aliphatic rings. The Balaban J connectivity index is 1.62. The Bertz CT molecular complexity index is 409. The smallest absolute Gasteiger partial charge is 0.229 e. The molecule has 19 heavy (non-hydrogen) atoms. The van der Waals surface area contributed by atoms with Crippen molar-refractivity contribution in [3.63, 3.8) is 0 Å². The van der Waals surface area contributed by atoms with Gasteiger partial charge in [0, 0.05) is 17.9 Å². The van der Waals surface area contributed by atoms with Crippen LogP contribution >= 0.6 is 0 Å². The lowest BCUT2D eigenvalue weighted by molar-refractivity contribution is 0.301. The van der Waals surface area contributed by atoms with Crippen LogP contribution in [0.5, 0.6) is 0 Å². The molecule has 1 aromatic rings. The minimum Gasteiger partial charge on any atom is -0.339 e. The van der Waals surface area contributed by atoms with Crippen molar-refractivity contribution in [1.29, 1.82) is 0 Å². The van der Waals surface area contributed by atoms with Gasteiger partial charge in [0.25, 0.3) is 0 Å². The van der Waals surface area contributed by atoms with Gasteiger partial charge in [0.05, 0.1) is 0 Å². The molecule has 0 spiro atoms. The third-order valence-electron chi connectivity index (χ3n) is 5.07. The van der Waals surface area contributed by atoms with Gasteiger partial charge in [-0.3, -0.25) is 0 Å². The number of nitrogens with two attached hydrogens (primary N) is 1. The first kappa shape index (κ1) is 13.1. The Morgan fingerprint density at radius 3 is 2.47 bits per heavy atom. The summed E-state index contributed by atoms with van der Waals surface area (Å²) < 4.78 is 5.49. The van der Waals surface area contributed by atoms with Gasteiger partial charge in [-0.25, -0.2) is 0 Å². The lowest BCUT2D eigenvalue weighted by atomic mass is 9.80. The highest BCUT2D eigenvalue weighted by molar-refractivity contribution is 5.03. The first-order chi connectivity index (χ1) is 9.26. The molecule has 0 bridgehead atoms. The third kappa shape index (κ3) is 2.83. The van der Waals surface area contributed by atoms with E-state index in [0.717, 1.165) is 36.9 Å². The van der Waals surface area contributed by atoms with Gasteiger partial charge < -0.3 is 10.3 Å². The van der Waals surface area contributed by atoms with Crippen molar-refractivity contribution in [3.8, 4) is 0 Å². The quantitative estimate of drug-likeness (QED) is 0.908. The van der Waals surface area contributed by atoms with Gasteiger partial charge in [0.15, 0.2) is 5.82 Å². The summed E-state index contributed by atoms with van der Waals surface area (Å²) in [5, 5.41) is 4.23. The van der Waals surface area contributed by atoms with Crippen molar-refractivity contribution in [2.45, 2.75) is 76.2 Å². The van der Waals surface area contributed by atoms with Gasteiger partial charge in [0.1, 0.15) is 0 Å². The molecular weight excluding hydrogens is 238 g/mol. The van der Waals surface area contributed by atoms with Crippen LogP contribution in [0.25, 0.3) is 0 Å². The van der Waals surface area contributed by atoms with Crippen molar-refractivity contribution in [2.24, 2.45) is 11.7 Å². The predicted octanol–water partition coefficient (Wildman–Crippen LogP) is 3.35. The van der Waals surface area contributed by atoms with Gasteiger partial charge in [0.2, 0.25) is 5.89 Å². The van der Waals surface area contributed by atoms with Crippen LogP contribution in [-0.4, -0.2) is 16.2 Å². The van der Waals surface area contributed by atoms with E-state index in [1.807, 2.05) is 0 Å². The van der Waals surface area contributed by atoms with Crippen LogP contribution in [0.4, 0.5) is 0 Å².